The molecule has 3 atom stereocenters. The summed E-state index contributed by atoms with van der Waals surface area (Å²) in [6.45, 7) is 11.3. The molecule has 1 N–H and O–H groups in total. The van der Waals surface area contributed by atoms with Crippen molar-refractivity contribution >= 4 is 0 Å². The van der Waals surface area contributed by atoms with E-state index in [1.807, 2.05) is 0 Å². The lowest BCUT2D eigenvalue weighted by atomic mass is 9.96. The van der Waals surface area contributed by atoms with Crippen molar-refractivity contribution in [3.8, 4) is 0 Å². The van der Waals surface area contributed by atoms with Crippen molar-refractivity contribution in [2.45, 2.75) is 45.7 Å². The zero-order valence-electron chi connectivity index (χ0n) is 11.3. The number of hydrogen-bond donors (Lipinski definition) is 1. The molecule has 0 amide bonds. The van der Waals surface area contributed by atoms with Gasteiger partial charge in [0.15, 0.2) is 0 Å². The van der Waals surface area contributed by atoms with Gasteiger partial charge in [0, 0.05) is 45.4 Å². The fraction of sp³-hybridized carbons (Fsp3) is 1.00. The molecule has 1 heterocycles. The van der Waals surface area contributed by atoms with Crippen LogP contribution in [0.4, 0.5) is 0 Å². The van der Waals surface area contributed by atoms with Crippen molar-refractivity contribution in [2.24, 2.45) is 5.92 Å². The van der Waals surface area contributed by atoms with Crippen LogP contribution in [-0.4, -0.2) is 50.3 Å². The average molecular weight is 228 g/mol. The standard InChI is InChI=1S/C13H28N2O/c1-5-11(2)13-10-15(8-7-14-13)12(3)6-9-16-4/h11-14H,5-10H2,1-4H3. The molecule has 0 bridgehead atoms. The molecule has 1 fully saturated rings. The second-order valence-electron chi connectivity index (χ2n) is 5.07. The highest BCUT2D eigenvalue weighted by Crippen LogP contribution is 2.15. The van der Waals surface area contributed by atoms with E-state index in [0.29, 0.717) is 12.1 Å². The molecule has 0 aromatic rings. The van der Waals surface area contributed by atoms with Crippen LogP contribution in [-0.2, 0) is 4.74 Å². The Morgan fingerprint density at radius 1 is 1.44 bits per heavy atom. The third kappa shape index (κ3) is 4.04. The van der Waals surface area contributed by atoms with Gasteiger partial charge < -0.3 is 10.1 Å². The number of nitrogens with zero attached hydrogens (tertiary/aromatic N) is 1. The van der Waals surface area contributed by atoms with Gasteiger partial charge in [-0.05, 0) is 19.3 Å². The highest BCUT2D eigenvalue weighted by Gasteiger charge is 2.25. The van der Waals surface area contributed by atoms with Crippen molar-refractivity contribution in [3.05, 3.63) is 0 Å². The number of nitrogens with one attached hydrogen (secondary N) is 1. The quantitative estimate of drug-likeness (QED) is 0.749. The van der Waals surface area contributed by atoms with Gasteiger partial charge in [-0.2, -0.15) is 0 Å². The minimum absolute atomic E-state index is 0.647. The van der Waals surface area contributed by atoms with Gasteiger partial charge in [0.25, 0.3) is 0 Å². The van der Waals surface area contributed by atoms with Gasteiger partial charge >= 0.3 is 0 Å². The van der Waals surface area contributed by atoms with E-state index < -0.39 is 0 Å². The minimum Gasteiger partial charge on any atom is -0.385 e. The molecule has 0 saturated carbocycles. The predicted octanol–water partition coefficient (Wildman–Crippen LogP) is 1.73. The van der Waals surface area contributed by atoms with Crippen LogP contribution in [0.15, 0.2) is 0 Å². The summed E-state index contributed by atoms with van der Waals surface area (Å²) in [7, 11) is 1.78. The van der Waals surface area contributed by atoms with E-state index in [1.165, 1.54) is 19.5 Å². The Balaban J connectivity index is 2.37. The first kappa shape index (κ1) is 13.9. The molecule has 3 heteroatoms. The molecule has 0 aliphatic carbocycles. The fourth-order valence-electron chi connectivity index (χ4n) is 2.34. The summed E-state index contributed by atoms with van der Waals surface area (Å²) in [5.74, 6) is 0.775. The Labute approximate surface area is 101 Å². The lowest BCUT2D eigenvalue weighted by Crippen LogP contribution is -2.55. The van der Waals surface area contributed by atoms with Gasteiger partial charge in [-0.25, -0.2) is 0 Å². The fourth-order valence-corrected chi connectivity index (χ4v) is 2.34. The SMILES string of the molecule is CCC(C)C1CN(C(C)CCOC)CCN1. The molecule has 3 unspecified atom stereocenters. The van der Waals surface area contributed by atoms with Gasteiger partial charge in [0.1, 0.15) is 0 Å². The van der Waals surface area contributed by atoms with E-state index >= 15 is 0 Å². The Bertz CT molecular complexity index is 187. The summed E-state index contributed by atoms with van der Waals surface area (Å²) in [6, 6.07) is 1.32. The first-order chi connectivity index (χ1) is 7.69. The Morgan fingerprint density at radius 3 is 2.81 bits per heavy atom. The summed E-state index contributed by atoms with van der Waals surface area (Å²) in [4.78, 5) is 2.60. The van der Waals surface area contributed by atoms with Gasteiger partial charge in [-0.1, -0.05) is 20.3 Å². The van der Waals surface area contributed by atoms with Crippen LogP contribution in [0.3, 0.4) is 0 Å². The van der Waals surface area contributed by atoms with E-state index in [9.17, 15) is 0 Å². The van der Waals surface area contributed by atoms with E-state index in [-0.39, 0.29) is 0 Å². The molecule has 1 aliphatic heterocycles. The average Bonchev–Trinajstić information content (AvgIpc) is 2.35. The van der Waals surface area contributed by atoms with Gasteiger partial charge in [0.05, 0.1) is 0 Å². The van der Waals surface area contributed by atoms with E-state index in [1.54, 1.807) is 7.11 Å². The zero-order chi connectivity index (χ0) is 12.0. The number of ether oxygens (including phenoxy) is 1. The van der Waals surface area contributed by atoms with Crippen LogP contribution < -0.4 is 5.32 Å². The summed E-state index contributed by atoms with van der Waals surface area (Å²) in [5, 5.41) is 3.64. The maximum absolute atomic E-state index is 5.16. The zero-order valence-corrected chi connectivity index (χ0v) is 11.3. The first-order valence-electron chi connectivity index (χ1n) is 6.65. The maximum atomic E-state index is 5.16. The third-order valence-electron chi connectivity index (χ3n) is 3.93. The summed E-state index contributed by atoms with van der Waals surface area (Å²) in [6.07, 6.45) is 2.40. The Morgan fingerprint density at radius 2 is 2.19 bits per heavy atom. The van der Waals surface area contributed by atoms with Gasteiger partial charge in [-0.3, -0.25) is 4.90 Å². The second-order valence-corrected chi connectivity index (χ2v) is 5.07. The normalized spacial score (nSPS) is 26.6. The van der Waals surface area contributed by atoms with E-state index in [2.05, 4.69) is 31.0 Å². The van der Waals surface area contributed by atoms with Crippen molar-refractivity contribution in [2.75, 3.05) is 33.4 Å². The lowest BCUT2D eigenvalue weighted by molar-refractivity contribution is 0.100. The molecule has 0 aromatic carbocycles. The molecule has 3 nitrogen and oxygen atoms in total. The summed E-state index contributed by atoms with van der Waals surface area (Å²) in [5.41, 5.74) is 0. The minimum atomic E-state index is 0.647. The van der Waals surface area contributed by atoms with Crippen molar-refractivity contribution in [1.29, 1.82) is 0 Å². The molecule has 16 heavy (non-hydrogen) atoms. The number of methoxy groups -OCH3 is 1. The number of hydrogen-bond acceptors (Lipinski definition) is 3. The van der Waals surface area contributed by atoms with E-state index in [4.69, 9.17) is 4.74 Å². The van der Waals surface area contributed by atoms with Crippen LogP contribution in [0.2, 0.25) is 0 Å². The highest BCUT2D eigenvalue weighted by atomic mass is 16.5. The smallest absolute Gasteiger partial charge is 0.0477 e. The Kier molecular flexibility index (Phi) is 6.32. The first-order valence-corrected chi connectivity index (χ1v) is 6.65. The predicted molar refractivity (Wildman–Crippen MR) is 68.8 cm³/mol. The molecule has 0 radical (unpaired) electrons. The topological polar surface area (TPSA) is 24.5 Å². The van der Waals surface area contributed by atoms with Crippen molar-refractivity contribution < 1.29 is 4.74 Å². The third-order valence-corrected chi connectivity index (χ3v) is 3.93. The maximum Gasteiger partial charge on any atom is 0.0477 e. The second kappa shape index (κ2) is 7.25. The van der Waals surface area contributed by atoms with E-state index in [0.717, 1.165) is 25.5 Å². The Hall–Kier alpha value is -0.120. The summed E-state index contributed by atoms with van der Waals surface area (Å²) >= 11 is 0. The van der Waals surface area contributed by atoms with Crippen LogP contribution in [0.1, 0.15) is 33.6 Å². The van der Waals surface area contributed by atoms with Crippen molar-refractivity contribution in [1.82, 2.24) is 10.2 Å². The lowest BCUT2D eigenvalue weighted by Gasteiger charge is -2.39. The molecule has 96 valence electrons. The molecule has 1 saturated heterocycles. The summed E-state index contributed by atoms with van der Waals surface area (Å²) < 4.78 is 5.16. The molecule has 1 rings (SSSR count). The van der Waals surface area contributed by atoms with Crippen LogP contribution >= 0.6 is 0 Å². The molecule has 0 spiro atoms. The van der Waals surface area contributed by atoms with Crippen molar-refractivity contribution in [3.63, 3.8) is 0 Å². The molecule has 0 aromatic heterocycles. The highest BCUT2D eigenvalue weighted by molar-refractivity contribution is 4.84. The van der Waals surface area contributed by atoms with Crippen LogP contribution in [0.25, 0.3) is 0 Å². The molecular weight excluding hydrogens is 200 g/mol. The molecule has 1 aliphatic rings. The van der Waals surface area contributed by atoms with Gasteiger partial charge in [-0.15, -0.1) is 0 Å². The molecular formula is C13H28N2O. The number of rotatable bonds is 6. The monoisotopic (exact) mass is 228 g/mol. The number of piperazine rings is 1. The van der Waals surface area contributed by atoms with Gasteiger partial charge in [0.2, 0.25) is 0 Å². The largest absolute Gasteiger partial charge is 0.385 e. The van der Waals surface area contributed by atoms with Crippen LogP contribution in [0, 0.1) is 5.92 Å². The van der Waals surface area contributed by atoms with Crippen LogP contribution in [0.5, 0.6) is 0 Å².